The molecule has 2 aromatic heterocycles. The highest BCUT2D eigenvalue weighted by atomic mass is 16.2. The molecule has 3 rings (SSSR count). The first-order chi connectivity index (χ1) is 12.0. The van der Waals surface area contributed by atoms with E-state index in [4.69, 9.17) is 0 Å². The van der Waals surface area contributed by atoms with Crippen LogP contribution in [0.4, 0.5) is 11.5 Å². The lowest BCUT2D eigenvalue weighted by atomic mass is 10.2. The van der Waals surface area contributed by atoms with Crippen LogP contribution in [-0.4, -0.2) is 26.8 Å². The molecule has 25 heavy (non-hydrogen) atoms. The largest absolute Gasteiger partial charge is 0.326 e. The molecule has 0 bridgehead atoms. The molecular formula is C17H17N5O3. The van der Waals surface area contributed by atoms with Crippen LogP contribution in [0.2, 0.25) is 0 Å². The summed E-state index contributed by atoms with van der Waals surface area (Å²) >= 11 is 0. The Kier molecular flexibility index (Phi) is 4.60. The van der Waals surface area contributed by atoms with E-state index in [0.29, 0.717) is 22.7 Å². The van der Waals surface area contributed by atoms with Gasteiger partial charge in [0.2, 0.25) is 11.8 Å². The number of aromatic nitrogens is 3. The fraction of sp³-hybridized carbons (Fsp3) is 0.176. The maximum Gasteiger partial charge on any atom is 0.325 e. The summed E-state index contributed by atoms with van der Waals surface area (Å²) in [5.74, 6) is -0.257. The number of imidazole rings is 1. The van der Waals surface area contributed by atoms with Crippen LogP contribution in [0.15, 0.2) is 41.2 Å². The van der Waals surface area contributed by atoms with Gasteiger partial charge in [0.05, 0.1) is 5.52 Å². The van der Waals surface area contributed by atoms with E-state index in [0.717, 1.165) is 5.56 Å². The van der Waals surface area contributed by atoms with Crippen molar-refractivity contribution >= 4 is 34.5 Å². The Bertz CT molecular complexity index is 972. The minimum Gasteiger partial charge on any atom is -0.326 e. The molecule has 3 aromatic rings. The number of carbonyl (C=O) groups is 2. The molecule has 0 atom stereocenters. The minimum absolute atomic E-state index is 0.0288. The third kappa shape index (κ3) is 4.31. The van der Waals surface area contributed by atoms with E-state index in [1.165, 1.54) is 0 Å². The van der Waals surface area contributed by atoms with Crippen LogP contribution in [0.5, 0.6) is 0 Å². The number of fused-ring (bicyclic) bond motifs is 1. The normalized spacial score (nSPS) is 10.6. The molecule has 0 radical (unpaired) electrons. The third-order valence-electron chi connectivity index (χ3n) is 3.56. The number of benzene rings is 1. The molecule has 0 aliphatic carbocycles. The molecule has 0 aliphatic rings. The van der Waals surface area contributed by atoms with Crippen molar-refractivity contribution in [1.29, 1.82) is 0 Å². The second kappa shape index (κ2) is 7.00. The summed E-state index contributed by atoms with van der Waals surface area (Å²) in [6, 6.07) is 10.6. The molecule has 8 nitrogen and oxygen atoms in total. The number of nitrogens with zero attached hydrogens (tertiary/aromatic N) is 1. The molecule has 0 saturated heterocycles. The Morgan fingerprint density at radius 3 is 2.36 bits per heavy atom. The number of hydrogen-bond acceptors (Lipinski definition) is 4. The number of anilines is 2. The van der Waals surface area contributed by atoms with E-state index in [2.05, 4.69) is 25.6 Å². The second-order valence-corrected chi connectivity index (χ2v) is 5.63. The van der Waals surface area contributed by atoms with Crippen molar-refractivity contribution in [3.8, 4) is 0 Å². The van der Waals surface area contributed by atoms with Crippen LogP contribution in [-0.2, 0) is 9.59 Å². The van der Waals surface area contributed by atoms with E-state index in [1.807, 2.05) is 31.2 Å². The van der Waals surface area contributed by atoms with Gasteiger partial charge < -0.3 is 15.6 Å². The molecule has 0 unspecified atom stereocenters. The predicted octanol–water partition coefficient (Wildman–Crippen LogP) is 1.92. The van der Waals surface area contributed by atoms with Crippen LogP contribution in [0.3, 0.4) is 0 Å². The number of hydrogen-bond donors (Lipinski definition) is 4. The number of nitrogens with one attached hydrogen (secondary N) is 4. The van der Waals surface area contributed by atoms with Crippen LogP contribution in [0.25, 0.3) is 11.2 Å². The fourth-order valence-electron chi connectivity index (χ4n) is 2.28. The number of pyridine rings is 1. The van der Waals surface area contributed by atoms with Gasteiger partial charge in [-0.2, -0.15) is 0 Å². The SMILES string of the molecule is Cc1ccc(NC(=O)CCC(=O)Nc2ccc3[nH]c(=O)[nH]c3n2)cc1. The zero-order valence-corrected chi connectivity index (χ0v) is 13.6. The summed E-state index contributed by atoms with van der Waals surface area (Å²) < 4.78 is 0. The molecular weight excluding hydrogens is 322 g/mol. The van der Waals surface area contributed by atoms with E-state index >= 15 is 0 Å². The van der Waals surface area contributed by atoms with Crippen molar-refractivity contribution in [3.63, 3.8) is 0 Å². The Morgan fingerprint density at radius 2 is 1.64 bits per heavy atom. The van der Waals surface area contributed by atoms with E-state index in [-0.39, 0.29) is 30.3 Å². The lowest BCUT2D eigenvalue weighted by molar-refractivity contribution is -0.121. The van der Waals surface area contributed by atoms with Crippen LogP contribution in [0.1, 0.15) is 18.4 Å². The summed E-state index contributed by atoms with van der Waals surface area (Å²) in [5.41, 5.74) is 2.35. The van der Waals surface area contributed by atoms with Gasteiger partial charge in [-0.1, -0.05) is 17.7 Å². The topological polar surface area (TPSA) is 120 Å². The first kappa shape index (κ1) is 16.4. The van der Waals surface area contributed by atoms with Gasteiger partial charge >= 0.3 is 5.69 Å². The van der Waals surface area contributed by atoms with Gasteiger partial charge in [0, 0.05) is 18.5 Å². The molecule has 0 aliphatic heterocycles. The molecule has 0 fully saturated rings. The average molecular weight is 339 g/mol. The summed E-state index contributed by atoms with van der Waals surface area (Å²) in [7, 11) is 0. The lowest BCUT2D eigenvalue weighted by Crippen LogP contribution is -2.17. The summed E-state index contributed by atoms with van der Waals surface area (Å²) in [5, 5.41) is 5.34. The molecule has 2 heterocycles. The summed E-state index contributed by atoms with van der Waals surface area (Å²) in [6.07, 6.45) is 0.0873. The number of amides is 2. The lowest BCUT2D eigenvalue weighted by Gasteiger charge is -2.06. The number of aryl methyl sites for hydroxylation is 1. The van der Waals surface area contributed by atoms with Crippen molar-refractivity contribution in [2.45, 2.75) is 19.8 Å². The maximum atomic E-state index is 11.9. The minimum atomic E-state index is -0.362. The smallest absolute Gasteiger partial charge is 0.325 e. The van der Waals surface area contributed by atoms with Gasteiger partial charge in [0.1, 0.15) is 5.82 Å². The van der Waals surface area contributed by atoms with Crippen LogP contribution < -0.4 is 16.3 Å². The Balaban J connectivity index is 1.52. The molecule has 4 N–H and O–H groups in total. The monoisotopic (exact) mass is 339 g/mol. The van der Waals surface area contributed by atoms with Crippen LogP contribution in [0, 0.1) is 6.92 Å². The van der Waals surface area contributed by atoms with Gasteiger partial charge in [-0.3, -0.25) is 14.6 Å². The zero-order valence-electron chi connectivity index (χ0n) is 13.6. The molecule has 0 saturated carbocycles. The van der Waals surface area contributed by atoms with Crippen molar-refractivity contribution in [2.24, 2.45) is 0 Å². The molecule has 1 aromatic carbocycles. The number of carbonyl (C=O) groups excluding carboxylic acids is 2. The van der Waals surface area contributed by atoms with Gasteiger partial charge in [-0.25, -0.2) is 9.78 Å². The summed E-state index contributed by atoms with van der Waals surface area (Å²) in [6.45, 7) is 1.96. The van der Waals surface area contributed by atoms with E-state index in [9.17, 15) is 14.4 Å². The number of aromatic amines is 2. The fourth-order valence-corrected chi connectivity index (χ4v) is 2.28. The highest BCUT2D eigenvalue weighted by molar-refractivity contribution is 5.96. The summed E-state index contributed by atoms with van der Waals surface area (Å²) in [4.78, 5) is 44.2. The number of H-pyrrole nitrogens is 2. The highest BCUT2D eigenvalue weighted by Gasteiger charge is 2.09. The Morgan fingerprint density at radius 1 is 0.960 bits per heavy atom. The van der Waals surface area contributed by atoms with Gasteiger partial charge in [-0.15, -0.1) is 0 Å². The first-order valence-corrected chi connectivity index (χ1v) is 7.75. The van der Waals surface area contributed by atoms with Crippen LogP contribution >= 0.6 is 0 Å². The van der Waals surface area contributed by atoms with Gasteiger partial charge in [-0.05, 0) is 31.2 Å². The zero-order chi connectivity index (χ0) is 17.8. The second-order valence-electron chi connectivity index (χ2n) is 5.63. The Labute approximate surface area is 142 Å². The van der Waals surface area contributed by atoms with Crippen molar-refractivity contribution in [1.82, 2.24) is 15.0 Å². The Hall–Kier alpha value is -3.42. The third-order valence-corrected chi connectivity index (χ3v) is 3.56. The van der Waals surface area contributed by atoms with Gasteiger partial charge in [0.25, 0.3) is 0 Å². The van der Waals surface area contributed by atoms with E-state index in [1.54, 1.807) is 12.1 Å². The first-order valence-electron chi connectivity index (χ1n) is 7.75. The van der Waals surface area contributed by atoms with Crippen molar-refractivity contribution in [2.75, 3.05) is 10.6 Å². The average Bonchev–Trinajstić information content (AvgIpc) is 2.94. The maximum absolute atomic E-state index is 11.9. The highest BCUT2D eigenvalue weighted by Crippen LogP contribution is 2.11. The quantitative estimate of drug-likeness (QED) is 0.567. The number of rotatable bonds is 5. The molecule has 0 spiro atoms. The molecule has 8 heteroatoms. The van der Waals surface area contributed by atoms with Crippen molar-refractivity contribution in [3.05, 3.63) is 52.4 Å². The van der Waals surface area contributed by atoms with E-state index < -0.39 is 0 Å². The van der Waals surface area contributed by atoms with Crippen molar-refractivity contribution < 1.29 is 9.59 Å². The van der Waals surface area contributed by atoms with Gasteiger partial charge in [0.15, 0.2) is 5.65 Å². The molecule has 128 valence electrons. The molecule has 2 amide bonds. The predicted molar refractivity (Wildman–Crippen MR) is 94.4 cm³/mol. The standard InChI is InChI=1S/C17H17N5O3/c1-10-2-4-11(5-3-10)18-14(23)8-9-15(24)20-13-7-6-12-16(21-13)22-17(25)19-12/h2-7H,8-9H2,1H3,(H,18,23)(H3,19,20,21,22,24,25).